The second-order valence-electron chi connectivity index (χ2n) is 8.95. The first-order valence-electron chi connectivity index (χ1n) is 12.5. The number of hydrogen-bond acceptors (Lipinski definition) is 4. The molecule has 1 heterocycles. The third-order valence-electron chi connectivity index (χ3n) is 5.60. The number of hydrogen-bond donors (Lipinski definition) is 1. The molecule has 1 N–H and O–H groups in total. The Kier molecular flexibility index (Phi) is 16.2. The van der Waals surface area contributed by atoms with Crippen molar-refractivity contribution in [3.8, 4) is 5.75 Å². The lowest BCUT2D eigenvalue weighted by Gasteiger charge is -2.13. The van der Waals surface area contributed by atoms with Crippen LogP contribution < -0.4 is 10.1 Å². The van der Waals surface area contributed by atoms with Gasteiger partial charge in [-0.1, -0.05) is 54.4 Å². The topological polar surface area (TPSA) is 58.6 Å². The highest BCUT2D eigenvalue weighted by Gasteiger charge is 2.07. The molecule has 5 heteroatoms. The number of benzene rings is 2. The summed E-state index contributed by atoms with van der Waals surface area (Å²) in [6.07, 6.45) is 8.46. The summed E-state index contributed by atoms with van der Waals surface area (Å²) in [5, 5.41) is 3.01. The van der Waals surface area contributed by atoms with Gasteiger partial charge in [-0.25, -0.2) is 0 Å². The molecule has 2 aromatic rings. The van der Waals surface area contributed by atoms with Gasteiger partial charge in [-0.3, -0.25) is 4.79 Å². The second kappa shape index (κ2) is 18.7. The van der Waals surface area contributed by atoms with Gasteiger partial charge < -0.3 is 19.7 Å². The van der Waals surface area contributed by atoms with Crippen LogP contribution in [0.15, 0.2) is 54.6 Å². The lowest BCUT2D eigenvalue weighted by Crippen LogP contribution is -2.33. The smallest absolute Gasteiger partial charge is 0.220 e. The molecular formula is C29H44N2O3. The monoisotopic (exact) mass is 468 g/mol. The molecule has 2 aromatic carbocycles. The molecule has 1 amide bonds. The minimum atomic E-state index is 0.106. The van der Waals surface area contributed by atoms with Gasteiger partial charge in [-0.15, -0.1) is 0 Å². The van der Waals surface area contributed by atoms with Crippen molar-refractivity contribution in [1.82, 2.24) is 10.2 Å². The van der Waals surface area contributed by atoms with Crippen LogP contribution in [-0.4, -0.2) is 50.4 Å². The normalized spacial score (nSPS) is 13.5. The van der Waals surface area contributed by atoms with Gasteiger partial charge in [0, 0.05) is 18.9 Å². The summed E-state index contributed by atoms with van der Waals surface area (Å²) in [6.45, 7) is 6.72. The Labute approximate surface area is 206 Å². The van der Waals surface area contributed by atoms with Crippen LogP contribution in [0.5, 0.6) is 5.75 Å². The number of aryl methyl sites for hydroxylation is 1. The van der Waals surface area contributed by atoms with Crippen LogP contribution >= 0.6 is 0 Å². The summed E-state index contributed by atoms with van der Waals surface area (Å²) < 4.78 is 4.97. The van der Waals surface area contributed by atoms with Crippen molar-refractivity contribution >= 4 is 12.2 Å². The largest absolute Gasteiger partial charge is 0.497 e. The molecule has 188 valence electrons. The minimum absolute atomic E-state index is 0.106. The first kappa shape index (κ1) is 29.4. The standard InChI is InChI=1S/C16H23NO2.C8H10O.C5H11N/c1-14(13-15-9-5-4-6-10-15)17-16(19)11-7-2-3-8-12-18;1-7-3-5-8(9-2)6-4-7;1-6-4-2-3-5-6/h4-6,9-10,12,14H,2-3,7-8,11,13H2,1H3,(H,17,19);3-6H,1-2H3;2-5H2,1H3. The summed E-state index contributed by atoms with van der Waals surface area (Å²) >= 11 is 0. The van der Waals surface area contributed by atoms with Crippen molar-refractivity contribution in [3.05, 3.63) is 65.7 Å². The fraction of sp³-hybridized carbons (Fsp3) is 0.517. The summed E-state index contributed by atoms with van der Waals surface area (Å²) in [4.78, 5) is 24.2. The molecule has 0 aliphatic carbocycles. The van der Waals surface area contributed by atoms with E-state index < -0.39 is 0 Å². The van der Waals surface area contributed by atoms with Crippen molar-refractivity contribution in [1.29, 1.82) is 0 Å². The molecule has 0 spiro atoms. The summed E-state index contributed by atoms with van der Waals surface area (Å²) in [7, 11) is 3.84. The number of aldehydes is 1. The lowest BCUT2D eigenvalue weighted by atomic mass is 10.1. The Bertz CT molecular complexity index is 772. The summed E-state index contributed by atoms with van der Waals surface area (Å²) in [5.41, 5.74) is 2.50. The van der Waals surface area contributed by atoms with E-state index in [2.05, 4.69) is 36.3 Å². The molecular weight excluding hydrogens is 424 g/mol. The highest BCUT2D eigenvalue weighted by atomic mass is 16.5. The molecule has 1 fully saturated rings. The number of methoxy groups -OCH3 is 1. The van der Waals surface area contributed by atoms with E-state index in [1.165, 1.54) is 37.1 Å². The molecule has 1 aliphatic rings. The fourth-order valence-corrected chi connectivity index (χ4v) is 3.61. The van der Waals surface area contributed by atoms with Crippen molar-refractivity contribution < 1.29 is 14.3 Å². The molecule has 1 aliphatic heterocycles. The van der Waals surface area contributed by atoms with Gasteiger partial charge in [0.25, 0.3) is 0 Å². The van der Waals surface area contributed by atoms with Gasteiger partial charge in [0.1, 0.15) is 12.0 Å². The zero-order valence-electron chi connectivity index (χ0n) is 21.6. The maximum atomic E-state index is 11.7. The van der Waals surface area contributed by atoms with E-state index in [0.717, 1.165) is 37.7 Å². The minimum Gasteiger partial charge on any atom is -0.497 e. The zero-order valence-corrected chi connectivity index (χ0v) is 21.6. The molecule has 3 rings (SSSR count). The number of carbonyl (C=O) groups is 2. The van der Waals surface area contributed by atoms with Gasteiger partial charge in [0.2, 0.25) is 5.91 Å². The molecule has 1 atom stereocenters. The van der Waals surface area contributed by atoms with Crippen LogP contribution in [0.2, 0.25) is 0 Å². The Morgan fingerprint density at radius 3 is 2.21 bits per heavy atom. The van der Waals surface area contributed by atoms with Crippen molar-refractivity contribution in [2.75, 3.05) is 27.2 Å². The summed E-state index contributed by atoms with van der Waals surface area (Å²) in [5.74, 6) is 1.02. The highest BCUT2D eigenvalue weighted by Crippen LogP contribution is 2.09. The quantitative estimate of drug-likeness (QED) is 0.364. The number of rotatable bonds is 10. The van der Waals surface area contributed by atoms with Crippen LogP contribution in [-0.2, 0) is 16.0 Å². The number of unbranched alkanes of at least 4 members (excludes halogenated alkanes) is 3. The number of ether oxygens (including phenoxy) is 1. The predicted molar refractivity (Wildman–Crippen MR) is 141 cm³/mol. The lowest BCUT2D eigenvalue weighted by molar-refractivity contribution is -0.121. The van der Waals surface area contributed by atoms with Gasteiger partial charge >= 0.3 is 0 Å². The number of likely N-dealkylation sites (tertiary alicyclic amines) is 1. The van der Waals surface area contributed by atoms with Crippen LogP contribution in [0, 0.1) is 6.92 Å². The first-order chi connectivity index (χ1) is 16.4. The van der Waals surface area contributed by atoms with Crippen molar-refractivity contribution in [3.63, 3.8) is 0 Å². The van der Waals surface area contributed by atoms with Crippen LogP contribution in [0.1, 0.15) is 63.0 Å². The van der Waals surface area contributed by atoms with E-state index in [4.69, 9.17) is 4.74 Å². The van der Waals surface area contributed by atoms with Gasteiger partial charge in [-0.2, -0.15) is 0 Å². The van der Waals surface area contributed by atoms with E-state index in [9.17, 15) is 9.59 Å². The molecule has 1 unspecified atom stereocenters. The Morgan fingerprint density at radius 2 is 1.68 bits per heavy atom. The van der Waals surface area contributed by atoms with Crippen LogP contribution in [0.25, 0.3) is 0 Å². The van der Waals surface area contributed by atoms with Crippen molar-refractivity contribution in [2.45, 2.75) is 71.3 Å². The molecule has 1 saturated heterocycles. The SMILES string of the molecule is CC(Cc1ccccc1)NC(=O)CCCCCC=O.CN1CCCC1.COc1ccc(C)cc1. The number of amides is 1. The van der Waals surface area contributed by atoms with Crippen LogP contribution in [0.4, 0.5) is 0 Å². The van der Waals surface area contributed by atoms with E-state index >= 15 is 0 Å². The third-order valence-corrected chi connectivity index (χ3v) is 5.60. The van der Waals surface area contributed by atoms with Crippen LogP contribution in [0.3, 0.4) is 0 Å². The molecule has 0 radical (unpaired) electrons. The molecule has 0 saturated carbocycles. The maximum absolute atomic E-state index is 11.7. The predicted octanol–water partition coefficient (Wildman–Crippen LogP) is 5.60. The summed E-state index contributed by atoms with van der Waals surface area (Å²) in [6, 6.07) is 18.3. The molecule has 34 heavy (non-hydrogen) atoms. The average molecular weight is 469 g/mol. The van der Waals surface area contributed by atoms with E-state index in [-0.39, 0.29) is 11.9 Å². The molecule has 0 aromatic heterocycles. The van der Waals surface area contributed by atoms with Gasteiger partial charge in [0.05, 0.1) is 7.11 Å². The maximum Gasteiger partial charge on any atom is 0.220 e. The second-order valence-corrected chi connectivity index (χ2v) is 8.95. The van der Waals surface area contributed by atoms with Crippen molar-refractivity contribution in [2.24, 2.45) is 0 Å². The first-order valence-corrected chi connectivity index (χ1v) is 12.5. The zero-order chi connectivity index (χ0) is 25.0. The Morgan fingerprint density at radius 1 is 1.03 bits per heavy atom. The van der Waals surface area contributed by atoms with E-state index in [1.54, 1.807) is 7.11 Å². The third kappa shape index (κ3) is 15.2. The molecule has 0 bridgehead atoms. The number of nitrogens with one attached hydrogen (secondary N) is 1. The molecule has 5 nitrogen and oxygen atoms in total. The average Bonchev–Trinajstić information content (AvgIpc) is 3.32. The van der Waals surface area contributed by atoms with E-state index in [0.29, 0.717) is 12.8 Å². The number of carbonyl (C=O) groups excluding carboxylic acids is 2. The Balaban J connectivity index is 0.000000313. The van der Waals surface area contributed by atoms with E-state index in [1.807, 2.05) is 49.4 Å². The Hall–Kier alpha value is -2.66. The van der Waals surface area contributed by atoms with Gasteiger partial charge in [-0.05, 0) is 83.8 Å². The fourth-order valence-electron chi connectivity index (χ4n) is 3.61. The number of nitrogens with zero attached hydrogens (tertiary/aromatic N) is 1. The highest BCUT2D eigenvalue weighted by molar-refractivity contribution is 5.76. The van der Waals surface area contributed by atoms with Gasteiger partial charge in [0.15, 0.2) is 0 Å².